The largest absolute Gasteiger partial charge is 0.408 e. The Morgan fingerprint density at radius 1 is 1.56 bits per heavy atom. The molecule has 18 heavy (non-hydrogen) atoms. The molecule has 2 aromatic rings. The third-order valence-corrected chi connectivity index (χ3v) is 2.82. The molecule has 0 atom stereocenters. The lowest BCUT2D eigenvalue weighted by atomic mass is 10.4. The number of hydrogen-bond donors (Lipinski definition) is 3. The van der Waals surface area contributed by atoms with Crippen LogP contribution in [0.25, 0.3) is 0 Å². The number of nitrogens with two attached hydrogens (primary N) is 1. The van der Waals surface area contributed by atoms with Crippen molar-refractivity contribution in [2.45, 2.75) is 13.3 Å². The summed E-state index contributed by atoms with van der Waals surface area (Å²) in [5.74, 6) is 0.387. The number of nitrogens with one attached hydrogen (secondary N) is 2. The first kappa shape index (κ1) is 12.3. The molecule has 0 fully saturated rings. The van der Waals surface area contributed by atoms with Crippen LogP contribution < -0.4 is 16.4 Å². The van der Waals surface area contributed by atoms with Gasteiger partial charge in [0.15, 0.2) is 5.13 Å². The van der Waals surface area contributed by atoms with Crippen LogP contribution in [-0.2, 0) is 6.42 Å². The van der Waals surface area contributed by atoms with Crippen LogP contribution in [0.1, 0.15) is 11.6 Å². The molecular weight excluding hydrogens is 256 g/mol. The zero-order valence-corrected chi connectivity index (χ0v) is 10.5. The van der Waals surface area contributed by atoms with Gasteiger partial charge in [-0.05, 0) is 6.92 Å². The minimum absolute atomic E-state index is 0.0210. The molecule has 2 rings (SSSR count). The van der Waals surface area contributed by atoms with Gasteiger partial charge >= 0.3 is 12.0 Å². The fourth-order valence-electron chi connectivity index (χ4n) is 1.20. The maximum absolute atomic E-state index is 11.5. The van der Waals surface area contributed by atoms with E-state index >= 15 is 0 Å². The molecule has 0 spiro atoms. The zero-order valence-electron chi connectivity index (χ0n) is 9.64. The standard InChI is InChI=1S/C9H12N6O2S/c1-5-4-18-9(12-5)13-8(16)11-3-2-6-14-15-7(10)17-6/h4H,2-3H2,1H3,(H2,10,15)(H2,11,12,13,16). The van der Waals surface area contributed by atoms with Gasteiger partial charge in [-0.15, -0.1) is 16.4 Å². The van der Waals surface area contributed by atoms with Crippen molar-refractivity contribution in [1.29, 1.82) is 0 Å². The van der Waals surface area contributed by atoms with Crippen LogP contribution >= 0.6 is 11.3 Å². The van der Waals surface area contributed by atoms with Crippen molar-refractivity contribution in [1.82, 2.24) is 20.5 Å². The van der Waals surface area contributed by atoms with Crippen molar-refractivity contribution < 1.29 is 9.21 Å². The Morgan fingerprint density at radius 2 is 2.39 bits per heavy atom. The van der Waals surface area contributed by atoms with Crippen molar-refractivity contribution in [2.75, 3.05) is 17.6 Å². The molecular formula is C9H12N6O2S. The fraction of sp³-hybridized carbons (Fsp3) is 0.333. The van der Waals surface area contributed by atoms with Crippen LogP contribution in [0, 0.1) is 6.92 Å². The van der Waals surface area contributed by atoms with Crippen molar-refractivity contribution in [2.24, 2.45) is 0 Å². The van der Waals surface area contributed by atoms with Crippen molar-refractivity contribution in [3.63, 3.8) is 0 Å². The Labute approximate surface area is 107 Å². The fourth-order valence-corrected chi connectivity index (χ4v) is 1.89. The number of thiazole rings is 1. The van der Waals surface area contributed by atoms with Gasteiger partial charge in [0, 0.05) is 18.3 Å². The summed E-state index contributed by atoms with van der Waals surface area (Å²) in [5, 5.41) is 14.9. The number of aromatic nitrogens is 3. The van der Waals surface area contributed by atoms with E-state index in [-0.39, 0.29) is 12.0 Å². The van der Waals surface area contributed by atoms with E-state index in [1.54, 1.807) is 0 Å². The normalized spacial score (nSPS) is 10.3. The molecule has 4 N–H and O–H groups in total. The summed E-state index contributed by atoms with van der Waals surface area (Å²) in [5.41, 5.74) is 6.14. The zero-order chi connectivity index (χ0) is 13.0. The van der Waals surface area contributed by atoms with E-state index in [0.29, 0.717) is 24.0 Å². The second-order valence-corrected chi connectivity index (χ2v) is 4.32. The Balaban J connectivity index is 1.72. The minimum atomic E-state index is -0.322. The molecule has 0 aliphatic carbocycles. The first-order valence-corrected chi connectivity index (χ1v) is 6.06. The molecule has 0 radical (unpaired) electrons. The van der Waals surface area contributed by atoms with E-state index in [9.17, 15) is 4.79 Å². The maximum atomic E-state index is 11.5. The molecule has 2 heterocycles. The lowest BCUT2D eigenvalue weighted by Crippen LogP contribution is -2.30. The SMILES string of the molecule is Cc1csc(NC(=O)NCCc2nnc(N)o2)n1. The third-order valence-electron chi connectivity index (χ3n) is 1.95. The van der Waals surface area contributed by atoms with Crippen LogP contribution in [-0.4, -0.2) is 27.8 Å². The Hall–Kier alpha value is -2.16. The average Bonchev–Trinajstić information content (AvgIpc) is 2.88. The molecule has 0 bridgehead atoms. The van der Waals surface area contributed by atoms with E-state index in [1.165, 1.54) is 11.3 Å². The summed E-state index contributed by atoms with van der Waals surface area (Å²) >= 11 is 1.37. The summed E-state index contributed by atoms with van der Waals surface area (Å²) in [6, 6.07) is -0.301. The Bertz CT molecular complexity index is 537. The van der Waals surface area contributed by atoms with Gasteiger partial charge < -0.3 is 15.5 Å². The number of aryl methyl sites for hydroxylation is 1. The van der Waals surface area contributed by atoms with E-state index < -0.39 is 0 Å². The monoisotopic (exact) mass is 268 g/mol. The molecule has 0 saturated carbocycles. The first-order valence-electron chi connectivity index (χ1n) is 5.18. The third kappa shape index (κ3) is 3.42. The van der Waals surface area contributed by atoms with Gasteiger partial charge in [0.2, 0.25) is 5.89 Å². The topological polar surface area (TPSA) is 119 Å². The van der Waals surface area contributed by atoms with E-state index in [0.717, 1.165) is 5.69 Å². The lowest BCUT2D eigenvalue weighted by molar-refractivity contribution is 0.252. The van der Waals surface area contributed by atoms with Gasteiger partial charge in [0.05, 0.1) is 5.69 Å². The summed E-state index contributed by atoms with van der Waals surface area (Å²) in [4.78, 5) is 15.6. The highest BCUT2D eigenvalue weighted by atomic mass is 32.1. The van der Waals surface area contributed by atoms with Crippen LogP contribution in [0.15, 0.2) is 9.80 Å². The van der Waals surface area contributed by atoms with Gasteiger partial charge in [-0.25, -0.2) is 9.78 Å². The Kier molecular flexibility index (Phi) is 3.72. The molecule has 2 amide bonds. The summed E-state index contributed by atoms with van der Waals surface area (Å²) in [6.45, 7) is 2.23. The van der Waals surface area contributed by atoms with E-state index in [4.69, 9.17) is 10.2 Å². The summed E-state index contributed by atoms with van der Waals surface area (Å²) in [7, 11) is 0. The Morgan fingerprint density at radius 3 is 3.00 bits per heavy atom. The minimum Gasteiger partial charge on any atom is -0.408 e. The highest BCUT2D eigenvalue weighted by molar-refractivity contribution is 7.13. The lowest BCUT2D eigenvalue weighted by Gasteiger charge is -2.03. The van der Waals surface area contributed by atoms with Crippen LogP contribution in [0.3, 0.4) is 0 Å². The number of anilines is 2. The van der Waals surface area contributed by atoms with E-state index in [2.05, 4.69) is 25.8 Å². The molecule has 96 valence electrons. The molecule has 0 aliphatic rings. The predicted molar refractivity (Wildman–Crippen MR) is 66.3 cm³/mol. The number of nitrogen functional groups attached to an aromatic ring is 1. The quantitative estimate of drug-likeness (QED) is 0.754. The van der Waals surface area contributed by atoms with E-state index in [1.807, 2.05) is 12.3 Å². The predicted octanol–water partition coefficient (Wildman–Crippen LogP) is 0.781. The van der Waals surface area contributed by atoms with Crippen LogP contribution in [0.2, 0.25) is 0 Å². The second kappa shape index (κ2) is 5.45. The highest BCUT2D eigenvalue weighted by Gasteiger charge is 2.06. The van der Waals surface area contributed by atoms with Gasteiger partial charge in [0.1, 0.15) is 0 Å². The van der Waals surface area contributed by atoms with Gasteiger partial charge in [-0.1, -0.05) is 5.10 Å². The smallest absolute Gasteiger partial charge is 0.321 e. The first-order chi connectivity index (χ1) is 8.63. The number of urea groups is 1. The molecule has 0 aliphatic heterocycles. The molecule has 8 nitrogen and oxygen atoms in total. The van der Waals surface area contributed by atoms with Gasteiger partial charge in [0.25, 0.3) is 0 Å². The molecule has 0 unspecified atom stereocenters. The van der Waals surface area contributed by atoms with Gasteiger partial charge in [-0.2, -0.15) is 0 Å². The number of hydrogen-bond acceptors (Lipinski definition) is 7. The average molecular weight is 268 g/mol. The number of amides is 2. The van der Waals surface area contributed by atoms with Gasteiger partial charge in [-0.3, -0.25) is 5.32 Å². The molecule has 2 aromatic heterocycles. The highest BCUT2D eigenvalue weighted by Crippen LogP contribution is 2.13. The number of carbonyl (C=O) groups is 1. The molecule has 0 saturated heterocycles. The van der Waals surface area contributed by atoms with Crippen molar-refractivity contribution in [3.8, 4) is 0 Å². The second-order valence-electron chi connectivity index (χ2n) is 3.46. The number of carbonyl (C=O) groups excluding carboxylic acids is 1. The summed E-state index contributed by atoms with van der Waals surface area (Å²) < 4.78 is 4.96. The van der Waals surface area contributed by atoms with Crippen molar-refractivity contribution in [3.05, 3.63) is 17.0 Å². The maximum Gasteiger partial charge on any atom is 0.321 e. The van der Waals surface area contributed by atoms with Crippen LogP contribution in [0.4, 0.5) is 15.9 Å². The van der Waals surface area contributed by atoms with Crippen molar-refractivity contribution >= 4 is 28.5 Å². The van der Waals surface area contributed by atoms with Crippen LogP contribution in [0.5, 0.6) is 0 Å². The summed E-state index contributed by atoms with van der Waals surface area (Å²) in [6.07, 6.45) is 0.425. The number of rotatable bonds is 4. The molecule has 9 heteroatoms. The number of nitrogens with zero attached hydrogens (tertiary/aromatic N) is 3. The molecule has 0 aromatic carbocycles.